The van der Waals surface area contributed by atoms with Gasteiger partial charge in [0.1, 0.15) is 11.4 Å². The molecule has 88 valence electrons. The number of aliphatic hydroxyl groups excluding tert-OH is 1. The first kappa shape index (κ1) is 12.1. The van der Waals surface area contributed by atoms with Gasteiger partial charge in [0.05, 0.1) is 6.10 Å². The zero-order valence-corrected chi connectivity index (χ0v) is 10.4. The second-order valence-electron chi connectivity index (χ2n) is 3.61. The van der Waals surface area contributed by atoms with Gasteiger partial charge < -0.3 is 5.11 Å². The van der Waals surface area contributed by atoms with Crippen molar-refractivity contribution in [3.8, 4) is 0 Å². The van der Waals surface area contributed by atoms with Gasteiger partial charge in [0, 0.05) is 11.1 Å². The fraction of sp³-hybridized carbons (Fsp3) is 0.231. The molecule has 0 fully saturated rings. The van der Waals surface area contributed by atoms with Crippen molar-refractivity contribution in [2.24, 2.45) is 0 Å². The summed E-state index contributed by atoms with van der Waals surface area (Å²) >= 11 is 1.55. The van der Waals surface area contributed by atoms with Crippen molar-refractivity contribution in [1.82, 2.24) is 9.97 Å². The number of nitrogens with zero attached hydrogens (tertiary/aromatic N) is 2. The highest BCUT2D eigenvalue weighted by Gasteiger charge is 2.11. The number of hydrogen-bond donors (Lipinski definition) is 1. The lowest BCUT2D eigenvalue weighted by molar-refractivity contribution is 0.171. The van der Waals surface area contributed by atoms with Crippen LogP contribution in [0.25, 0.3) is 0 Å². The van der Waals surface area contributed by atoms with Gasteiger partial charge in [-0.25, -0.2) is 9.97 Å². The van der Waals surface area contributed by atoms with Gasteiger partial charge in [0.15, 0.2) is 0 Å². The summed E-state index contributed by atoms with van der Waals surface area (Å²) < 4.78 is 0. The maximum Gasteiger partial charge on any atom is 0.116 e. The number of aromatic nitrogens is 2. The molecule has 0 radical (unpaired) electrons. The summed E-state index contributed by atoms with van der Waals surface area (Å²) in [5.74, 6) is 0. The zero-order chi connectivity index (χ0) is 12.1. The van der Waals surface area contributed by atoms with Crippen molar-refractivity contribution < 1.29 is 5.11 Å². The van der Waals surface area contributed by atoms with E-state index < -0.39 is 6.10 Å². The first-order chi connectivity index (χ1) is 8.31. The molecular weight excluding hydrogens is 232 g/mol. The summed E-state index contributed by atoms with van der Waals surface area (Å²) in [5, 5.41) is 10.8. The molecule has 17 heavy (non-hydrogen) atoms. The predicted molar refractivity (Wildman–Crippen MR) is 67.8 cm³/mol. The molecular formula is C13H14N2OS. The molecule has 0 saturated heterocycles. The van der Waals surface area contributed by atoms with Crippen molar-refractivity contribution in [3.63, 3.8) is 0 Å². The Kier molecular flexibility index (Phi) is 4.12. The Labute approximate surface area is 105 Å². The van der Waals surface area contributed by atoms with Crippen molar-refractivity contribution in [3.05, 3.63) is 48.4 Å². The molecule has 0 saturated carbocycles. The molecule has 0 amide bonds. The topological polar surface area (TPSA) is 46.0 Å². The largest absolute Gasteiger partial charge is 0.388 e. The van der Waals surface area contributed by atoms with Gasteiger partial charge >= 0.3 is 0 Å². The summed E-state index contributed by atoms with van der Waals surface area (Å²) in [4.78, 5) is 9.10. The smallest absolute Gasteiger partial charge is 0.116 e. The maximum atomic E-state index is 9.94. The van der Waals surface area contributed by atoms with Crippen LogP contribution in [-0.4, -0.2) is 15.1 Å². The molecule has 0 bridgehead atoms. The van der Waals surface area contributed by atoms with Crippen LogP contribution in [0.4, 0.5) is 0 Å². The summed E-state index contributed by atoms with van der Waals surface area (Å²) in [6, 6.07) is 9.73. The van der Waals surface area contributed by atoms with Crippen LogP contribution in [0.1, 0.15) is 25.0 Å². The highest BCUT2D eigenvalue weighted by molar-refractivity contribution is 7.99. The Balaban J connectivity index is 2.27. The molecule has 4 heteroatoms. The minimum absolute atomic E-state index is 0.416. The predicted octanol–water partition coefficient (Wildman–Crippen LogP) is 3.07. The molecule has 1 N–H and O–H groups in total. The first-order valence-electron chi connectivity index (χ1n) is 5.52. The molecule has 1 heterocycles. The van der Waals surface area contributed by atoms with E-state index in [1.807, 2.05) is 37.3 Å². The van der Waals surface area contributed by atoms with Gasteiger partial charge in [-0.1, -0.05) is 36.9 Å². The number of rotatable bonds is 4. The molecule has 0 spiro atoms. The third kappa shape index (κ3) is 3.05. The SMILES string of the molecule is CC[C@@H](O)c1ccccc1Sc1ccncn1. The lowest BCUT2D eigenvalue weighted by atomic mass is 10.1. The van der Waals surface area contributed by atoms with Crippen molar-refractivity contribution in [2.75, 3.05) is 0 Å². The van der Waals surface area contributed by atoms with Crippen molar-refractivity contribution in [2.45, 2.75) is 29.4 Å². The summed E-state index contributed by atoms with van der Waals surface area (Å²) in [6.45, 7) is 1.97. The third-order valence-corrected chi connectivity index (χ3v) is 3.48. The fourth-order valence-electron chi connectivity index (χ4n) is 1.52. The molecule has 0 aliphatic heterocycles. The molecule has 2 aromatic rings. The highest BCUT2D eigenvalue weighted by Crippen LogP contribution is 2.32. The minimum atomic E-state index is -0.416. The van der Waals surface area contributed by atoms with E-state index in [0.29, 0.717) is 6.42 Å². The van der Waals surface area contributed by atoms with E-state index in [1.54, 1.807) is 18.0 Å². The van der Waals surface area contributed by atoms with Gasteiger partial charge in [-0.05, 0) is 24.1 Å². The average Bonchev–Trinajstić information content (AvgIpc) is 2.40. The lowest BCUT2D eigenvalue weighted by Gasteiger charge is -2.12. The van der Waals surface area contributed by atoms with Crippen LogP contribution in [0.2, 0.25) is 0 Å². The Morgan fingerprint density at radius 1 is 1.29 bits per heavy atom. The van der Waals surface area contributed by atoms with Crippen LogP contribution >= 0.6 is 11.8 Å². The van der Waals surface area contributed by atoms with Gasteiger partial charge in [-0.3, -0.25) is 0 Å². The second kappa shape index (κ2) is 5.80. The molecule has 2 rings (SSSR count). The molecule has 1 aromatic carbocycles. The van der Waals surface area contributed by atoms with E-state index in [0.717, 1.165) is 15.5 Å². The Morgan fingerprint density at radius 3 is 2.82 bits per heavy atom. The molecule has 1 atom stereocenters. The van der Waals surface area contributed by atoms with E-state index in [1.165, 1.54) is 6.33 Å². The molecule has 0 unspecified atom stereocenters. The molecule has 0 aliphatic rings. The fourth-order valence-corrected chi connectivity index (χ4v) is 2.44. The number of hydrogen-bond acceptors (Lipinski definition) is 4. The average molecular weight is 246 g/mol. The number of benzene rings is 1. The third-order valence-electron chi connectivity index (χ3n) is 2.43. The summed E-state index contributed by atoms with van der Waals surface area (Å²) in [7, 11) is 0. The Morgan fingerprint density at radius 2 is 2.12 bits per heavy atom. The lowest BCUT2D eigenvalue weighted by Crippen LogP contribution is -1.97. The molecule has 1 aromatic heterocycles. The Bertz CT molecular complexity index is 476. The second-order valence-corrected chi connectivity index (χ2v) is 4.67. The van der Waals surface area contributed by atoms with Crippen molar-refractivity contribution >= 4 is 11.8 Å². The normalized spacial score (nSPS) is 12.4. The van der Waals surface area contributed by atoms with Crippen LogP contribution in [0.3, 0.4) is 0 Å². The van der Waals surface area contributed by atoms with Crippen LogP contribution in [0.5, 0.6) is 0 Å². The van der Waals surface area contributed by atoms with E-state index in [9.17, 15) is 5.11 Å². The van der Waals surface area contributed by atoms with E-state index in [4.69, 9.17) is 0 Å². The van der Waals surface area contributed by atoms with Crippen LogP contribution in [0, 0.1) is 0 Å². The molecule has 0 aliphatic carbocycles. The Hall–Kier alpha value is -1.39. The zero-order valence-electron chi connectivity index (χ0n) is 9.58. The van der Waals surface area contributed by atoms with Crippen LogP contribution in [-0.2, 0) is 0 Å². The standard InChI is InChI=1S/C13H14N2OS/c1-2-11(16)10-5-3-4-6-12(10)17-13-7-8-14-9-15-13/h3-9,11,16H,2H2,1H3/t11-/m1/s1. The van der Waals surface area contributed by atoms with Gasteiger partial charge in [0.2, 0.25) is 0 Å². The monoisotopic (exact) mass is 246 g/mol. The van der Waals surface area contributed by atoms with E-state index in [-0.39, 0.29) is 0 Å². The van der Waals surface area contributed by atoms with E-state index in [2.05, 4.69) is 9.97 Å². The van der Waals surface area contributed by atoms with Crippen LogP contribution < -0.4 is 0 Å². The van der Waals surface area contributed by atoms with Crippen molar-refractivity contribution in [1.29, 1.82) is 0 Å². The maximum absolute atomic E-state index is 9.94. The first-order valence-corrected chi connectivity index (χ1v) is 6.33. The van der Waals surface area contributed by atoms with Gasteiger partial charge in [0.25, 0.3) is 0 Å². The van der Waals surface area contributed by atoms with E-state index >= 15 is 0 Å². The van der Waals surface area contributed by atoms with Gasteiger partial charge in [-0.2, -0.15) is 0 Å². The minimum Gasteiger partial charge on any atom is -0.388 e. The summed E-state index contributed by atoms with van der Waals surface area (Å²) in [6.07, 6.45) is 3.54. The van der Waals surface area contributed by atoms with Crippen LogP contribution in [0.15, 0.2) is 52.8 Å². The number of aliphatic hydroxyl groups is 1. The summed E-state index contributed by atoms with van der Waals surface area (Å²) in [5.41, 5.74) is 0.957. The quantitative estimate of drug-likeness (QED) is 0.842. The van der Waals surface area contributed by atoms with Gasteiger partial charge in [-0.15, -0.1) is 0 Å². The molecule has 3 nitrogen and oxygen atoms in total. The highest BCUT2D eigenvalue weighted by atomic mass is 32.2.